The van der Waals surface area contributed by atoms with Gasteiger partial charge in [0.15, 0.2) is 5.92 Å². The lowest BCUT2D eigenvalue weighted by atomic mass is 10.0. The van der Waals surface area contributed by atoms with Crippen LogP contribution in [-0.2, 0) is 14.4 Å². The van der Waals surface area contributed by atoms with E-state index in [9.17, 15) is 14.4 Å². The van der Waals surface area contributed by atoms with E-state index in [2.05, 4.69) is 0 Å². The van der Waals surface area contributed by atoms with Gasteiger partial charge in [-0.05, 0) is 12.8 Å². The first-order valence-electron chi connectivity index (χ1n) is 5.37. The molecule has 7 nitrogen and oxygen atoms in total. The molecule has 0 aliphatic rings. The standard InChI is InChI=1S/C10H17NO6/c12-8(11-17)6-4-2-1-3-5-7(9(13)14)10(15)16/h7,17H,1-6H2,(H,11,12)(H,13,14)(H,15,16). The van der Waals surface area contributed by atoms with Crippen molar-refractivity contribution in [2.45, 2.75) is 38.5 Å². The van der Waals surface area contributed by atoms with Gasteiger partial charge < -0.3 is 10.2 Å². The number of aliphatic carboxylic acids is 2. The summed E-state index contributed by atoms with van der Waals surface area (Å²) in [6.07, 6.45) is 2.73. The Bertz CT molecular complexity index is 264. The zero-order chi connectivity index (χ0) is 13.3. The topological polar surface area (TPSA) is 124 Å². The molecule has 0 aromatic rings. The van der Waals surface area contributed by atoms with Gasteiger partial charge in [-0.25, -0.2) is 5.48 Å². The smallest absolute Gasteiger partial charge is 0.317 e. The Morgan fingerprint density at radius 3 is 1.94 bits per heavy atom. The first kappa shape index (κ1) is 15.4. The molecule has 0 fully saturated rings. The van der Waals surface area contributed by atoms with Crippen molar-refractivity contribution < 1.29 is 29.8 Å². The van der Waals surface area contributed by atoms with Crippen molar-refractivity contribution in [3.05, 3.63) is 0 Å². The van der Waals surface area contributed by atoms with Gasteiger partial charge in [0.25, 0.3) is 0 Å². The number of carbonyl (C=O) groups is 3. The molecule has 0 radical (unpaired) electrons. The fraction of sp³-hybridized carbons (Fsp3) is 0.700. The molecule has 0 aromatic heterocycles. The Morgan fingerprint density at radius 2 is 1.47 bits per heavy atom. The summed E-state index contributed by atoms with van der Waals surface area (Å²) in [7, 11) is 0. The normalized spacial score (nSPS) is 10.2. The lowest BCUT2D eigenvalue weighted by Gasteiger charge is -2.06. The highest BCUT2D eigenvalue weighted by Gasteiger charge is 2.24. The van der Waals surface area contributed by atoms with Gasteiger partial charge in [0.2, 0.25) is 5.91 Å². The molecule has 17 heavy (non-hydrogen) atoms. The summed E-state index contributed by atoms with van der Waals surface area (Å²) in [6.45, 7) is 0. The van der Waals surface area contributed by atoms with Crippen LogP contribution in [-0.4, -0.2) is 33.3 Å². The molecule has 0 unspecified atom stereocenters. The average Bonchev–Trinajstić information content (AvgIpc) is 2.26. The Balaban J connectivity index is 3.59. The summed E-state index contributed by atoms with van der Waals surface area (Å²) in [6, 6.07) is 0. The molecule has 0 bridgehead atoms. The third kappa shape index (κ3) is 7.29. The van der Waals surface area contributed by atoms with Crippen molar-refractivity contribution in [2.24, 2.45) is 5.92 Å². The summed E-state index contributed by atoms with van der Waals surface area (Å²) in [4.78, 5) is 31.7. The van der Waals surface area contributed by atoms with Crippen LogP contribution in [0.25, 0.3) is 0 Å². The van der Waals surface area contributed by atoms with E-state index in [1.807, 2.05) is 0 Å². The molecular formula is C10H17NO6. The van der Waals surface area contributed by atoms with Gasteiger partial charge in [-0.15, -0.1) is 0 Å². The molecule has 0 aromatic carbocycles. The first-order valence-corrected chi connectivity index (χ1v) is 5.37. The van der Waals surface area contributed by atoms with E-state index >= 15 is 0 Å². The van der Waals surface area contributed by atoms with Crippen molar-refractivity contribution in [3.63, 3.8) is 0 Å². The Morgan fingerprint density at radius 1 is 0.941 bits per heavy atom. The van der Waals surface area contributed by atoms with Crippen LogP contribution in [0.2, 0.25) is 0 Å². The maximum Gasteiger partial charge on any atom is 0.317 e. The number of carboxylic acids is 2. The Hall–Kier alpha value is -1.63. The van der Waals surface area contributed by atoms with Crippen LogP contribution >= 0.6 is 0 Å². The number of hydroxylamine groups is 1. The fourth-order valence-corrected chi connectivity index (χ4v) is 1.40. The molecule has 0 saturated carbocycles. The van der Waals surface area contributed by atoms with Crippen LogP contribution in [0, 0.1) is 5.92 Å². The number of amides is 1. The van der Waals surface area contributed by atoms with E-state index in [-0.39, 0.29) is 12.8 Å². The molecule has 7 heteroatoms. The maximum atomic E-state index is 10.6. The number of nitrogens with one attached hydrogen (secondary N) is 1. The Labute approximate surface area is 98.4 Å². The van der Waals surface area contributed by atoms with Crippen molar-refractivity contribution in [3.8, 4) is 0 Å². The van der Waals surface area contributed by atoms with Crippen LogP contribution in [0.3, 0.4) is 0 Å². The monoisotopic (exact) mass is 247 g/mol. The van der Waals surface area contributed by atoms with Crippen molar-refractivity contribution in [2.75, 3.05) is 0 Å². The quantitative estimate of drug-likeness (QED) is 0.205. The van der Waals surface area contributed by atoms with Crippen LogP contribution in [0.4, 0.5) is 0 Å². The van der Waals surface area contributed by atoms with Crippen LogP contribution in [0.15, 0.2) is 0 Å². The zero-order valence-corrected chi connectivity index (χ0v) is 9.39. The van der Waals surface area contributed by atoms with Gasteiger partial charge in [-0.2, -0.15) is 0 Å². The summed E-state index contributed by atoms with van der Waals surface area (Å²) in [5.41, 5.74) is 1.51. The number of carbonyl (C=O) groups excluding carboxylic acids is 1. The highest BCUT2D eigenvalue weighted by Crippen LogP contribution is 2.12. The van der Waals surface area contributed by atoms with E-state index in [1.165, 1.54) is 5.48 Å². The van der Waals surface area contributed by atoms with Crippen LogP contribution < -0.4 is 5.48 Å². The number of carboxylic acid groups (broad SMARTS) is 2. The minimum absolute atomic E-state index is 0.0941. The third-order valence-electron chi connectivity index (χ3n) is 2.37. The lowest BCUT2D eigenvalue weighted by Crippen LogP contribution is -2.23. The number of hydrogen-bond acceptors (Lipinski definition) is 4. The zero-order valence-electron chi connectivity index (χ0n) is 9.39. The second-order valence-corrected chi connectivity index (χ2v) is 3.72. The Kier molecular flexibility index (Phi) is 7.70. The van der Waals surface area contributed by atoms with E-state index in [4.69, 9.17) is 15.4 Å². The lowest BCUT2D eigenvalue weighted by molar-refractivity contribution is -0.154. The highest BCUT2D eigenvalue weighted by atomic mass is 16.5. The van der Waals surface area contributed by atoms with Gasteiger partial charge in [-0.1, -0.05) is 19.3 Å². The van der Waals surface area contributed by atoms with Gasteiger partial charge >= 0.3 is 11.9 Å². The maximum absolute atomic E-state index is 10.6. The summed E-state index contributed by atoms with van der Waals surface area (Å²) < 4.78 is 0. The molecule has 0 spiro atoms. The third-order valence-corrected chi connectivity index (χ3v) is 2.37. The van der Waals surface area contributed by atoms with E-state index in [0.29, 0.717) is 25.7 Å². The number of unbranched alkanes of at least 4 members (excludes halogenated alkanes) is 3. The number of hydrogen-bond donors (Lipinski definition) is 4. The summed E-state index contributed by atoms with van der Waals surface area (Å²) in [5, 5.41) is 25.4. The largest absolute Gasteiger partial charge is 0.481 e. The second-order valence-electron chi connectivity index (χ2n) is 3.72. The molecule has 0 heterocycles. The van der Waals surface area contributed by atoms with Crippen molar-refractivity contribution in [1.82, 2.24) is 5.48 Å². The average molecular weight is 247 g/mol. The molecule has 0 aliphatic heterocycles. The van der Waals surface area contributed by atoms with Crippen LogP contribution in [0.5, 0.6) is 0 Å². The van der Waals surface area contributed by atoms with E-state index < -0.39 is 23.8 Å². The number of rotatable bonds is 9. The minimum atomic E-state index is -1.35. The van der Waals surface area contributed by atoms with Crippen LogP contribution in [0.1, 0.15) is 38.5 Å². The van der Waals surface area contributed by atoms with Gasteiger partial charge in [0, 0.05) is 6.42 Å². The molecule has 0 aliphatic carbocycles. The van der Waals surface area contributed by atoms with Gasteiger partial charge in [0.1, 0.15) is 0 Å². The molecule has 98 valence electrons. The van der Waals surface area contributed by atoms with Crippen molar-refractivity contribution in [1.29, 1.82) is 0 Å². The van der Waals surface area contributed by atoms with E-state index in [0.717, 1.165) is 0 Å². The minimum Gasteiger partial charge on any atom is -0.481 e. The SMILES string of the molecule is O=C(CCCCCCC(C(=O)O)C(=O)O)NO. The van der Waals surface area contributed by atoms with Gasteiger partial charge in [-0.3, -0.25) is 19.6 Å². The van der Waals surface area contributed by atoms with E-state index in [1.54, 1.807) is 0 Å². The summed E-state index contributed by atoms with van der Waals surface area (Å²) >= 11 is 0. The molecule has 0 saturated heterocycles. The second kappa shape index (κ2) is 8.51. The highest BCUT2D eigenvalue weighted by molar-refractivity contribution is 5.92. The molecule has 0 atom stereocenters. The predicted octanol–water partition coefficient (Wildman–Crippen LogP) is 0.618. The fourth-order valence-electron chi connectivity index (χ4n) is 1.40. The molecule has 4 N–H and O–H groups in total. The van der Waals surface area contributed by atoms with Crippen molar-refractivity contribution >= 4 is 17.8 Å². The predicted molar refractivity (Wildman–Crippen MR) is 56.4 cm³/mol. The first-order chi connectivity index (χ1) is 7.99. The molecular weight excluding hydrogens is 230 g/mol. The molecule has 1 amide bonds. The molecule has 0 rings (SSSR count). The summed E-state index contributed by atoms with van der Waals surface area (Å²) in [5.74, 6) is -4.45. The van der Waals surface area contributed by atoms with Gasteiger partial charge in [0.05, 0.1) is 0 Å².